The Hall–Kier alpha value is -1.92. The van der Waals surface area contributed by atoms with Gasteiger partial charge in [-0.3, -0.25) is 4.79 Å². The summed E-state index contributed by atoms with van der Waals surface area (Å²) in [5.41, 5.74) is 2.30. The SMILES string of the molecule is Cc1cc(C(=O)NCc2ccc(Br)s2)nn1-c1ccccc1. The molecule has 0 aliphatic carbocycles. The van der Waals surface area contributed by atoms with E-state index in [0.29, 0.717) is 12.2 Å². The third-order valence-corrected chi connectivity index (χ3v) is 4.80. The van der Waals surface area contributed by atoms with E-state index in [2.05, 4.69) is 26.3 Å². The minimum Gasteiger partial charge on any atom is -0.346 e. The number of carbonyl (C=O) groups excluding carboxylic acids is 1. The maximum absolute atomic E-state index is 12.2. The Kier molecular flexibility index (Phi) is 4.40. The summed E-state index contributed by atoms with van der Waals surface area (Å²) >= 11 is 5.02. The first-order valence-electron chi connectivity index (χ1n) is 6.78. The molecular weight excluding hydrogens is 362 g/mol. The lowest BCUT2D eigenvalue weighted by molar-refractivity contribution is 0.0946. The molecule has 0 atom stereocenters. The molecule has 3 aromatic rings. The molecule has 0 spiro atoms. The summed E-state index contributed by atoms with van der Waals surface area (Å²) in [5, 5.41) is 7.29. The zero-order valence-corrected chi connectivity index (χ0v) is 14.3. The third kappa shape index (κ3) is 3.28. The normalized spacial score (nSPS) is 10.6. The molecule has 0 radical (unpaired) electrons. The molecule has 0 saturated heterocycles. The Balaban J connectivity index is 1.73. The molecule has 3 rings (SSSR count). The first-order chi connectivity index (χ1) is 10.6. The van der Waals surface area contributed by atoms with Crippen LogP contribution < -0.4 is 5.32 Å². The van der Waals surface area contributed by atoms with Crippen molar-refractivity contribution in [1.82, 2.24) is 15.1 Å². The molecule has 2 heterocycles. The molecule has 1 amide bonds. The van der Waals surface area contributed by atoms with Crippen molar-refractivity contribution in [3.63, 3.8) is 0 Å². The lowest BCUT2D eigenvalue weighted by Crippen LogP contribution is -2.22. The average Bonchev–Trinajstić information content (AvgIpc) is 3.12. The number of nitrogens with zero attached hydrogens (tertiary/aromatic N) is 2. The van der Waals surface area contributed by atoms with Gasteiger partial charge in [0.25, 0.3) is 5.91 Å². The van der Waals surface area contributed by atoms with Crippen molar-refractivity contribution in [1.29, 1.82) is 0 Å². The number of aryl methyl sites for hydroxylation is 1. The fourth-order valence-electron chi connectivity index (χ4n) is 2.12. The molecule has 0 aliphatic heterocycles. The second kappa shape index (κ2) is 6.46. The molecule has 0 aliphatic rings. The van der Waals surface area contributed by atoms with Crippen molar-refractivity contribution in [2.45, 2.75) is 13.5 Å². The fraction of sp³-hybridized carbons (Fsp3) is 0.125. The molecule has 0 unspecified atom stereocenters. The summed E-state index contributed by atoms with van der Waals surface area (Å²) in [5.74, 6) is -0.165. The Morgan fingerprint density at radius 3 is 2.73 bits per heavy atom. The highest BCUT2D eigenvalue weighted by molar-refractivity contribution is 9.11. The van der Waals surface area contributed by atoms with Gasteiger partial charge in [-0.05, 0) is 53.2 Å². The van der Waals surface area contributed by atoms with Crippen LogP contribution in [0.3, 0.4) is 0 Å². The van der Waals surface area contributed by atoms with Crippen LogP contribution in [0.4, 0.5) is 0 Å². The zero-order valence-electron chi connectivity index (χ0n) is 11.9. The summed E-state index contributed by atoms with van der Waals surface area (Å²) < 4.78 is 2.83. The summed E-state index contributed by atoms with van der Waals surface area (Å²) in [6, 6.07) is 15.5. The first-order valence-corrected chi connectivity index (χ1v) is 8.39. The van der Waals surface area contributed by atoms with E-state index < -0.39 is 0 Å². The van der Waals surface area contributed by atoms with E-state index in [1.807, 2.05) is 49.4 Å². The number of hydrogen-bond acceptors (Lipinski definition) is 3. The lowest BCUT2D eigenvalue weighted by Gasteiger charge is -2.03. The van der Waals surface area contributed by atoms with Crippen LogP contribution in [0.15, 0.2) is 52.3 Å². The van der Waals surface area contributed by atoms with Crippen LogP contribution in [0.25, 0.3) is 5.69 Å². The van der Waals surface area contributed by atoms with Crippen molar-refractivity contribution in [2.75, 3.05) is 0 Å². The summed E-state index contributed by atoms with van der Waals surface area (Å²) in [4.78, 5) is 13.3. The molecule has 0 fully saturated rings. The van der Waals surface area contributed by atoms with Gasteiger partial charge in [0.2, 0.25) is 0 Å². The van der Waals surface area contributed by atoms with E-state index in [1.165, 1.54) is 0 Å². The lowest BCUT2D eigenvalue weighted by atomic mass is 10.3. The Morgan fingerprint density at radius 1 is 1.27 bits per heavy atom. The van der Waals surface area contributed by atoms with Gasteiger partial charge < -0.3 is 5.32 Å². The Bertz CT molecular complexity index is 795. The summed E-state index contributed by atoms with van der Waals surface area (Å²) in [6.45, 7) is 2.44. The van der Waals surface area contributed by atoms with E-state index in [4.69, 9.17) is 0 Å². The predicted octanol–water partition coefficient (Wildman–Crippen LogP) is 3.93. The maximum Gasteiger partial charge on any atom is 0.272 e. The van der Waals surface area contributed by atoms with E-state index >= 15 is 0 Å². The second-order valence-corrected chi connectivity index (χ2v) is 7.35. The van der Waals surface area contributed by atoms with Crippen LogP contribution in [0.2, 0.25) is 0 Å². The average molecular weight is 376 g/mol. The molecular formula is C16H14BrN3OS. The van der Waals surface area contributed by atoms with Gasteiger partial charge in [-0.25, -0.2) is 4.68 Å². The monoisotopic (exact) mass is 375 g/mol. The summed E-state index contributed by atoms with van der Waals surface area (Å²) in [6.07, 6.45) is 0. The third-order valence-electron chi connectivity index (χ3n) is 3.17. The van der Waals surface area contributed by atoms with Gasteiger partial charge >= 0.3 is 0 Å². The highest BCUT2D eigenvalue weighted by Crippen LogP contribution is 2.21. The maximum atomic E-state index is 12.2. The van der Waals surface area contributed by atoms with Gasteiger partial charge in [0.05, 0.1) is 16.0 Å². The Labute approximate surface area is 140 Å². The van der Waals surface area contributed by atoms with Gasteiger partial charge in [0.1, 0.15) is 0 Å². The molecule has 1 aromatic carbocycles. The molecule has 0 saturated carbocycles. The van der Waals surface area contributed by atoms with Crippen LogP contribution in [0.5, 0.6) is 0 Å². The van der Waals surface area contributed by atoms with Gasteiger partial charge in [0, 0.05) is 10.6 Å². The van der Waals surface area contributed by atoms with Crippen LogP contribution in [-0.2, 0) is 6.54 Å². The van der Waals surface area contributed by atoms with Gasteiger partial charge in [-0.1, -0.05) is 18.2 Å². The van der Waals surface area contributed by atoms with E-state index in [9.17, 15) is 4.79 Å². The smallest absolute Gasteiger partial charge is 0.272 e. The van der Waals surface area contributed by atoms with Crippen molar-refractivity contribution < 1.29 is 4.79 Å². The minimum atomic E-state index is -0.165. The highest BCUT2D eigenvalue weighted by atomic mass is 79.9. The molecule has 22 heavy (non-hydrogen) atoms. The number of amides is 1. The molecule has 0 bridgehead atoms. The number of halogens is 1. The van der Waals surface area contributed by atoms with Gasteiger partial charge in [0.15, 0.2) is 5.69 Å². The number of thiophene rings is 1. The number of para-hydroxylation sites is 1. The standard InChI is InChI=1S/C16H14BrN3OS/c1-11-9-14(19-20(11)12-5-3-2-4-6-12)16(21)18-10-13-7-8-15(17)22-13/h2-9H,10H2,1H3,(H,18,21). The number of nitrogens with one attached hydrogen (secondary N) is 1. The van der Waals surface area contributed by atoms with E-state index in [-0.39, 0.29) is 5.91 Å². The van der Waals surface area contributed by atoms with E-state index in [0.717, 1.165) is 20.0 Å². The van der Waals surface area contributed by atoms with Crippen LogP contribution in [0, 0.1) is 6.92 Å². The number of rotatable bonds is 4. The van der Waals surface area contributed by atoms with E-state index in [1.54, 1.807) is 22.1 Å². The van der Waals surface area contributed by atoms with Crippen LogP contribution in [-0.4, -0.2) is 15.7 Å². The number of aromatic nitrogens is 2. The molecule has 2 aromatic heterocycles. The largest absolute Gasteiger partial charge is 0.346 e. The molecule has 6 heteroatoms. The molecule has 1 N–H and O–H groups in total. The van der Waals surface area contributed by atoms with Gasteiger partial charge in [-0.2, -0.15) is 5.10 Å². The van der Waals surface area contributed by atoms with Crippen molar-refractivity contribution in [2.24, 2.45) is 0 Å². The van der Waals surface area contributed by atoms with Crippen molar-refractivity contribution in [3.05, 3.63) is 68.6 Å². The van der Waals surface area contributed by atoms with Gasteiger partial charge in [-0.15, -0.1) is 11.3 Å². The molecule has 4 nitrogen and oxygen atoms in total. The van der Waals surface area contributed by atoms with Crippen LogP contribution in [0.1, 0.15) is 21.1 Å². The predicted molar refractivity (Wildman–Crippen MR) is 91.5 cm³/mol. The number of benzene rings is 1. The molecule has 112 valence electrons. The van der Waals surface area contributed by atoms with Crippen molar-refractivity contribution >= 4 is 33.2 Å². The van der Waals surface area contributed by atoms with Crippen molar-refractivity contribution in [3.8, 4) is 5.69 Å². The zero-order chi connectivity index (χ0) is 15.5. The quantitative estimate of drug-likeness (QED) is 0.750. The summed E-state index contributed by atoms with van der Waals surface area (Å²) in [7, 11) is 0. The number of hydrogen-bond donors (Lipinski definition) is 1. The topological polar surface area (TPSA) is 46.9 Å². The van der Waals surface area contributed by atoms with Crippen LogP contribution >= 0.6 is 27.3 Å². The minimum absolute atomic E-state index is 0.165. The fourth-order valence-corrected chi connectivity index (χ4v) is 3.54. The first kappa shape index (κ1) is 15.0. The highest BCUT2D eigenvalue weighted by Gasteiger charge is 2.13. The second-order valence-electron chi connectivity index (χ2n) is 4.81. The number of carbonyl (C=O) groups is 1. The Morgan fingerprint density at radius 2 is 2.05 bits per heavy atom.